The molecule has 25 heavy (non-hydrogen) atoms. The molecule has 0 unspecified atom stereocenters. The van der Waals surface area contributed by atoms with Gasteiger partial charge in [-0.3, -0.25) is 10.1 Å². The molecule has 3 aromatic rings. The third kappa shape index (κ3) is 4.39. The molecule has 0 bridgehead atoms. The van der Waals surface area contributed by atoms with Gasteiger partial charge in [0.15, 0.2) is 5.16 Å². The fourth-order valence-corrected chi connectivity index (χ4v) is 3.72. The number of aryl methyl sites for hydroxylation is 1. The summed E-state index contributed by atoms with van der Waals surface area (Å²) in [6.45, 7) is 2.00. The summed E-state index contributed by atoms with van der Waals surface area (Å²) in [6, 6.07) is 7.58. The lowest BCUT2D eigenvalue weighted by atomic mass is 10.2. The molecule has 0 aliphatic carbocycles. The van der Waals surface area contributed by atoms with Crippen LogP contribution in [0.25, 0.3) is 11.3 Å². The molecule has 0 radical (unpaired) electrons. The molecule has 0 saturated carbocycles. The number of imidazole rings is 1. The highest BCUT2D eigenvalue weighted by Gasteiger charge is 2.12. The SMILES string of the molecule is CCc1nnc(NC(=O)CSc2ncc(-c3ccc(Cl)cc3)n2C)s1. The van der Waals surface area contributed by atoms with Gasteiger partial charge in [0.1, 0.15) is 5.01 Å². The topological polar surface area (TPSA) is 72.7 Å². The van der Waals surface area contributed by atoms with Crippen LogP contribution in [0.4, 0.5) is 5.13 Å². The van der Waals surface area contributed by atoms with Crippen LogP contribution in [0.2, 0.25) is 5.02 Å². The van der Waals surface area contributed by atoms with Gasteiger partial charge in [-0.15, -0.1) is 10.2 Å². The highest BCUT2D eigenvalue weighted by atomic mass is 35.5. The fraction of sp³-hybridized carbons (Fsp3) is 0.250. The summed E-state index contributed by atoms with van der Waals surface area (Å²) in [5, 5.41) is 13.6. The summed E-state index contributed by atoms with van der Waals surface area (Å²) in [5.41, 5.74) is 1.99. The monoisotopic (exact) mass is 393 g/mol. The maximum atomic E-state index is 12.1. The molecule has 3 rings (SSSR count). The Balaban J connectivity index is 1.61. The molecule has 9 heteroatoms. The molecule has 2 aromatic heterocycles. The molecule has 0 fully saturated rings. The predicted molar refractivity (Wildman–Crippen MR) is 102 cm³/mol. The summed E-state index contributed by atoms with van der Waals surface area (Å²) >= 11 is 8.70. The number of carbonyl (C=O) groups excluding carboxylic acids is 1. The quantitative estimate of drug-likeness (QED) is 0.643. The molecule has 2 heterocycles. The van der Waals surface area contributed by atoms with Crippen LogP contribution in [0, 0.1) is 0 Å². The maximum Gasteiger partial charge on any atom is 0.236 e. The van der Waals surface area contributed by atoms with E-state index in [2.05, 4.69) is 20.5 Å². The predicted octanol–water partition coefficient (Wildman–Crippen LogP) is 3.89. The van der Waals surface area contributed by atoms with E-state index in [-0.39, 0.29) is 11.7 Å². The summed E-state index contributed by atoms with van der Waals surface area (Å²) in [5.74, 6) is 0.131. The van der Waals surface area contributed by atoms with Crippen molar-refractivity contribution in [3.8, 4) is 11.3 Å². The van der Waals surface area contributed by atoms with Crippen molar-refractivity contribution in [3.63, 3.8) is 0 Å². The number of rotatable bonds is 6. The third-order valence-corrected chi connectivity index (χ3v) is 5.71. The fourth-order valence-electron chi connectivity index (χ4n) is 2.15. The normalized spacial score (nSPS) is 10.8. The van der Waals surface area contributed by atoms with Crippen LogP contribution < -0.4 is 5.32 Å². The van der Waals surface area contributed by atoms with E-state index in [1.807, 2.05) is 42.8 Å². The molecule has 1 amide bonds. The average molecular weight is 394 g/mol. The Hall–Kier alpha value is -1.90. The number of halogens is 1. The van der Waals surface area contributed by atoms with E-state index in [9.17, 15) is 4.79 Å². The van der Waals surface area contributed by atoms with Gasteiger partial charge in [-0.25, -0.2) is 4.98 Å². The van der Waals surface area contributed by atoms with Crippen molar-refractivity contribution in [1.29, 1.82) is 0 Å². The largest absolute Gasteiger partial charge is 0.322 e. The van der Waals surface area contributed by atoms with Crippen molar-refractivity contribution in [2.75, 3.05) is 11.1 Å². The van der Waals surface area contributed by atoms with Crippen molar-refractivity contribution in [2.24, 2.45) is 7.05 Å². The van der Waals surface area contributed by atoms with Crippen LogP contribution in [-0.4, -0.2) is 31.4 Å². The van der Waals surface area contributed by atoms with E-state index in [4.69, 9.17) is 11.6 Å². The third-order valence-electron chi connectivity index (χ3n) is 3.43. The number of anilines is 1. The molecule has 130 valence electrons. The first kappa shape index (κ1) is 17.9. The molecule has 0 saturated heterocycles. The van der Waals surface area contributed by atoms with Crippen LogP contribution >= 0.6 is 34.7 Å². The first-order valence-corrected chi connectivity index (χ1v) is 9.77. The highest BCUT2D eigenvalue weighted by Crippen LogP contribution is 2.26. The molecule has 0 aliphatic heterocycles. The summed E-state index contributed by atoms with van der Waals surface area (Å²) in [6.07, 6.45) is 2.60. The Morgan fingerprint density at radius 2 is 2.08 bits per heavy atom. The summed E-state index contributed by atoms with van der Waals surface area (Å²) in [4.78, 5) is 16.5. The van der Waals surface area contributed by atoms with E-state index < -0.39 is 0 Å². The number of benzene rings is 1. The van der Waals surface area contributed by atoms with E-state index >= 15 is 0 Å². The average Bonchev–Trinajstić information content (AvgIpc) is 3.20. The number of carbonyl (C=O) groups is 1. The molecule has 0 aliphatic rings. The molecular weight excluding hydrogens is 378 g/mol. The second-order valence-corrected chi connectivity index (χ2v) is 7.62. The lowest BCUT2D eigenvalue weighted by molar-refractivity contribution is -0.113. The molecule has 1 N–H and O–H groups in total. The van der Waals surface area contributed by atoms with Crippen LogP contribution in [0.3, 0.4) is 0 Å². The van der Waals surface area contributed by atoms with Crippen molar-refractivity contribution < 1.29 is 4.79 Å². The standard InChI is InChI=1S/C16H16ClN5OS2/c1-3-14-20-21-15(25-14)19-13(23)9-24-16-18-8-12(22(16)2)10-4-6-11(17)7-5-10/h4-8H,3,9H2,1-2H3,(H,19,21,23). The Kier molecular flexibility index (Phi) is 5.72. The van der Waals surface area contributed by atoms with Crippen LogP contribution in [-0.2, 0) is 18.3 Å². The van der Waals surface area contributed by atoms with Gasteiger partial charge >= 0.3 is 0 Å². The van der Waals surface area contributed by atoms with E-state index in [0.29, 0.717) is 10.2 Å². The van der Waals surface area contributed by atoms with Gasteiger partial charge in [0.25, 0.3) is 0 Å². The maximum absolute atomic E-state index is 12.1. The van der Waals surface area contributed by atoms with E-state index in [1.54, 1.807) is 6.20 Å². The first-order valence-electron chi connectivity index (χ1n) is 7.59. The van der Waals surface area contributed by atoms with Crippen LogP contribution in [0.5, 0.6) is 0 Å². The lowest BCUT2D eigenvalue weighted by Gasteiger charge is -2.06. The van der Waals surface area contributed by atoms with Crippen LogP contribution in [0.1, 0.15) is 11.9 Å². The van der Waals surface area contributed by atoms with Gasteiger partial charge in [0.2, 0.25) is 11.0 Å². The smallest absolute Gasteiger partial charge is 0.236 e. The second-order valence-electron chi connectivity index (χ2n) is 5.18. The van der Waals surface area contributed by atoms with Gasteiger partial charge in [0, 0.05) is 12.1 Å². The molecule has 0 atom stereocenters. The van der Waals surface area contributed by atoms with Gasteiger partial charge in [0.05, 0.1) is 17.6 Å². The molecule has 6 nitrogen and oxygen atoms in total. The Morgan fingerprint density at radius 3 is 2.76 bits per heavy atom. The second kappa shape index (κ2) is 7.99. The lowest BCUT2D eigenvalue weighted by Crippen LogP contribution is -2.14. The van der Waals surface area contributed by atoms with Crippen molar-refractivity contribution in [3.05, 3.63) is 40.5 Å². The summed E-state index contributed by atoms with van der Waals surface area (Å²) in [7, 11) is 1.93. The Labute approximate surface area is 158 Å². The number of thioether (sulfide) groups is 1. The van der Waals surface area contributed by atoms with Gasteiger partial charge < -0.3 is 4.57 Å². The molecule has 1 aromatic carbocycles. The van der Waals surface area contributed by atoms with Gasteiger partial charge in [-0.05, 0) is 24.1 Å². The minimum atomic E-state index is -0.125. The zero-order valence-electron chi connectivity index (χ0n) is 13.7. The van der Waals surface area contributed by atoms with Crippen LogP contribution in [0.15, 0.2) is 35.6 Å². The minimum Gasteiger partial charge on any atom is -0.322 e. The van der Waals surface area contributed by atoms with Crippen molar-refractivity contribution >= 4 is 45.7 Å². The number of aromatic nitrogens is 4. The minimum absolute atomic E-state index is 0.125. The number of hydrogen-bond donors (Lipinski definition) is 1. The van der Waals surface area contributed by atoms with Crippen molar-refractivity contribution in [1.82, 2.24) is 19.7 Å². The number of hydrogen-bond acceptors (Lipinski definition) is 6. The molecular formula is C16H16ClN5OS2. The Morgan fingerprint density at radius 1 is 1.32 bits per heavy atom. The van der Waals surface area contributed by atoms with E-state index in [0.717, 1.165) is 27.8 Å². The number of nitrogens with zero attached hydrogens (tertiary/aromatic N) is 4. The highest BCUT2D eigenvalue weighted by molar-refractivity contribution is 7.99. The first-order chi connectivity index (χ1) is 12.1. The van der Waals surface area contributed by atoms with Crippen molar-refractivity contribution in [2.45, 2.75) is 18.5 Å². The van der Waals surface area contributed by atoms with Gasteiger partial charge in [-0.1, -0.05) is 53.8 Å². The number of nitrogens with one attached hydrogen (secondary N) is 1. The van der Waals surface area contributed by atoms with Gasteiger partial charge in [-0.2, -0.15) is 0 Å². The van der Waals surface area contributed by atoms with E-state index in [1.165, 1.54) is 23.1 Å². The molecule has 0 spiro atoms. The Bertz CT molecular complexity index is 875. The zero-order chi connectivity index (χ0) is 17.8. The number of amides is 1. The summed E-state index contributed by atoms with van der Waals surface area (Å²) < 4.78 is 1.96. The zero-order valence-corrected chi connectivity index (χ0v) is 16.1.